The minimum Gasteiger partial charge on any atom is -0.0631 e. The average Bonchev–Trinajstić information content (AvgIpc) is 3.14. The molecule has 0 aliphatic carbocycles. The summed E-state index contributed by atoms with van der Waals surface area (Å²) in [6.45, 7) is 0. The van der Waals surface area contributed by atoms with Crippen LogP contribution in [0, 0.1) is 0 Å². The summed E-state index contributed by atoms with van der Waals surface area (Å²) in [7, 11) is 0.588. The van der Waals surface area contributed by atoms with Gasteiger partial charge in [-0.1, -0.05) is 192 Å². The van der Waals surface area contributed by atoms with Crippen molar-refractivity contribution >= 4 is 63.0 Å². The first-order chi connectivity index (χ1) is 23.3. The molecule has 0 fully saturated rings. The highest BCUT2D eigenvalue weighted by molar-refractivity contribution is 6.67. The first-order valence-corrected chi connectivity index (χ1v) is 17.2. The Morgan fingerprint density at radius 3 is 1.49 bits per heavy atom. The highest BCUT2D eigenvalue weighted by Gasteiger charge is 2.19. The Labute approximate surface area is 277 Å². The van der Waals surface area contributed by atoms with E-state index in [2.05, 4.69) is 182 Å². The van der Waals surface area contributed by atoms with Crippen LogP contribution in [-0.4, -0.2) is 9.52 Å². The van der Waals surface area contributed by atoms with Gasteiger partial charge in [0.1, 0.15) is 9.52 Å². The first kappa shape index (κ1) is 27.5. The third-order valence-electron chi connectivity index (χ3n) is 9.42. The maximum Gasteiger partial charge on any atom is 0.121 e. The van der Waals surface area contributed by atoms with Crippen LogP contribution < -0.4 is 10.4 Å². The molecular formula is C46H30Si. The SMILES string of the molecule is c1ccc([Si]c2ccc3c(-c4cccc5ccccc45)c4ccccc4c(-c4ccc(-c5cccc6ccccc56)cc4)c3c2)cc1. The molecular weight excluding hydrogens is 581 g/mol. The van der Waals surface area contributed by atoms with E-state index < -0.39 is 0 Å². The van der Waals surface area contributed by atoms with Gasteiger partial charge in [-0.3, -0.25) is 0 Å². The van der Waals surface area contributed by atoms with Crippen LogP contribution in [0.25, 0.3) is 76.5 Å². The zero-order valence-corrected chi connectivity index (χ0v) is 26.8. The van der Waals surface area contributed by atoms with E-state index in [-0.39, 0.29) is 0 Å². The van der Waals surface area contributed by atoms with Crippen LogP contribution in [-0.2, 0) is 0 Å². The summed E-state index contributed by atoms with van der Waals surface area (Å²) in [5.74, 6) is 0. The van der Waals surface area contributed by atoms with Crippen molar-refractivity contribution in [2.24, 2.45) is 0 Å². The summed E-state index contributed by atoms with van der Waals surface area (Å²) >= 11 is 0. The maximum absolute atomic E-state index is 2.45. The molecule has 0 N–H and O–H groups in total. The minimum absolute atomic E-state index is 0.588. The number of rotatable bonds is 5. The van der Waals surface area contributed by atoms with Crippen LogP contribution in [0.4, 0.5) is 0 Å². The van der Waals surface area contributed by atoms with Gasteiger partial charge in [0.15, 0.2) is 0 Å². The van der Waals surface area contributed by atoms with Gasteiger partial charge in [0.2, 0.25) is 0 Å². The van der Waals surface area contributed by atoms with Crippen LogP contribution in [0.1, 0.15) is 0 Å². The van der Waals surface area contributed by atoms with Gasteiger partial charge in [0.05, 0.1) is 0 Å². The molecule has 218 valence electrons. The van der Waals surface area contributed by atoms with Crippen molar-refractivity contribution in [1.29, 1.82) is 0 Å². The molecule has 0 saturated heterocycles. The van der Waals surface area contributed by atoms with Crippen molar-refractivity contribution in [3.63, 3.8) is 0 Å². The van der Waals surface area contributed by atoms with Crippen LogP contribution in [0.3, 0.4) is 0 Å². The van der Waals surface area contributed by atoms with Gasteiger partial charge in [0, 0.05) is 0 Å². The number of hydrogen-bond acceptors (Lipinski definition) is 0. The predicted molar refractivity (Wildman–Crippen MR) is 204 cm³/mol. The minimum atomic E-state index is 0.588. The molecule has 0 saturated carbocycles. The summed E-state index contributed by atoms with van der Waals surface area (Å²) in [5.41, 5.74) is 7.61. The Kier molecular flexibility index (Phi) is 6.77. The third-order valence-corrected chi connectivity index (χ3v) is 10.6. The van der Waals surface area contributed by atoms with E-state index in [1.165, 1.54) is 86.8 Å². The topological polar surface area (TPSA) is 0 Å². The molecule has 1 heteroatoms. The number of fused-ring (bicyclic) bond motifs is 4. The Morgan fingerprint density at radius 1 is 0.277 bits per heavy atom. The van der Waals surface area contributed by atoms with E-state index >= 15 is 0 Å². The summed E-state index contributed by atoms with van der Waals surface area (Å²) in [6.07, 6.45) is 0. The van der Waals surface area contributed by atoms with Gasteiger partial charge in [-0.05, 0) is 76.5 Å². The molecule has 9 aromatic rings. The molecule has 0 aromatic heterocycles. The lowest BCUT2D eigenvalue weighted by atomic mass is 9.84. The highest BCUT2D eigenvalue weighted by atomic mass is 28.2. The number of hydrogen-bond donors (Lipinski definition) is 0. The lowest BCUT2D eigenvalue weighted by Crippen LogP contribution is -2.26. The fourth-order valence-electron chi connectivity index (χ4n) is 7.28. The second kappa shape index (κ2) is 11.5. The van der Waals surface area contributed by atoms with Crippen LogP contribution >= 0.6 is 0 Å². The molecule has 0 heterocycles. The standard InChI is InChI=1S/C46H30Si/c1-2-16-35(17-3-1)47-36-28-29-43-44(30-36)45(34-26-24-33(25-27-34)38-22-10-14-31-12-4-6-18-37(31)38)41-20-8-9-21-42(41)46(43)40-23-11-15-32-13-5-7-19-39(32)40/h1-30H. The molecule has 0 nitrogen and oxygen atoms in total. The lowest BCUT2D eigenvalue weighted by molar-refractivity contribution is 1.64. The zero-order chi connectivity index (χ0) is 31.2. The predicted octanol–water partition coefficient (Wildman–Crippen LogP) is 11.0. The zero-order valence-electron chi connectivity index (χ0n) is 25.8. The van der Waals surface area contributed by atoms with Gasteiger partial charge in [-0.2, -0.15) is 0 Å². The quantitative estimate of drug-likeness (QED) is 0.134. The van der Waals surface area contributed by atoms with Crippen molar-refractivity contribution in [3.8, 4) is 33.4 Å². The molecule has 0 bridgehead atoms. The first-order valence-electron chi connectivity index (χ1n) is 16.2. The van der Waals surface area contributed by atoms with Gasteiger partial charge in [0.25, 0.3) is 0 Å². The van der Waals surface area contributed by atoms with Gasteiger partial charge >= 0.3 is 0 Å². The summed E-state index contributed by atoms with van der Waals surface area (Å²) < 4.78 is 0. The van der Waals surface area contributed by atoms with Gasteiger partial charge < -0.3 is 0 Å². The summed E-state index contributed by atoms with van der Waals surface area (Å²) in [6, 6.07) is 66.9. The second-order valence-corrected chi connectivity index (χ2v) is 13.6. The number of benzene rings is 9. The fourth-order valence-corrected chi connectivity index (χ4v) is 8.36. The Bertz CT molecular complexity index is 2570. The molecule has 0 aliphatic heterocycles. The van der Waals surface area contributed by atoms with Crippen LogP contribution in [0.2, 0.25) is 0 Å². The van der Waals surface area contributed by atoms with Crippen molar-refractivity contribution in [3.05, 3.63) is 182 Å². The largest absolute Gasteiger partial charge is 0.121 e. The Hall–Kier alpha value is -5.76. The van der Waals surface area contributed by atoms with E-state index in [4.69, 9.17) is 0 Å². The Balaban J connectivity index is 1.31. The summed E-state index contributed by atoms with van der Waals surface area (Å²) in [4.78, 5) is 0. The molecule has 0 spiro atoms. The van der Waals surface area contributed by atoms with E-state index in [0.717, 1.165) is 0 Å². The average molecular weight is 611 g/mol. The van der Waals surface area contributed by atoms with E-state index in [1.54, 1.807) is 0 Å². The van der Waals surface area contributed by atoms with Crippen LogP contribution in [0.5, 0.6) is 0 Å². The van der Waals surface area contributed by atoms with Crippen molar-refractivity contribution < 1.29 is 0 Å². The fraction of sp³-hybridized carbons (Fsp3) is 0. The molecule has 0 atom stereocenters. The molecule has 9 aromatic carbocycles. The molecule has 0 amide bonds. The van der Waals surface area contributed by atoms with Gasteiger partial charge in [-0.15, -0.1) is 0 Å². The van der Waals surface area contributed by atoms with E-state index in [9.17, 15) is 0 Å². The monoisotopic (exact) mass is 610 g/mol. The molecule has 9 rings (SSSR count). The molecule has 2 radical (unpaired) electrons. The lowest BCUT2D eigenvalue weighted by Gasteiger charge is -2.20. The second-order valence-electron chi connectivity index (χ2n) is 12.2. The van der Waals surface area contributed by atoms with E-state index in [1.807, 2.05) is 0 Å². The third kappa shape index (κ3) is 4.84. The summed E-state index contributed by atoms with van der Waals surface area (Å²) in [5, 5.41) is 12.9. The van der Waals surface area contributed by atoms with Crippen molar-refractivity contribution in [2.45, 2.75) is 0 Å². The van der Waals surface area contributed by atoms with Crippen molar-refractivity contribution in [1.82, 2.24) is 0 Å². The smallest absolute Gasteiger partial charge is 0.0631 e. The normalized spacial score (nSPS) is 11.5. The van der Waals surface area contributed by atoms with Crippen molar-refractivity contribution in [2.75, 3.05) is 0 Å². The molecule has 47 heavy (non-hydrogen) atoms. The van der Waals surface area contributed by atoms with E-state index in [0.29, 0.717) is 9.52 Å². The molecule has 0 unspecified atom stereocenters. The Morgan fingerprint density at radius 2 is 0.787 bits per heavy atom. The molecule has 0 aliphatic rings. The van der Waals surface area contributed by atoms with Gasteiger partial charge in [-0.25, -0.2) is 0 Å². The van der Waals surface area contributed by atoms with Crippen LogP contribution in [0.15, 0.2) is 182 Å². The maximum atomic E-state index is 2.45. The highest BCUT2D eigenvalue weighted by Crippen LogP contribution is 2.45.